The second kappa shape index (κ2) is 9.13. The molecular formula is C19H28N4O. The molecule has 0 aliphatic rings. The first-order chi connectivity index (χ1) is 11.6. The van der Waals surface area contributed by atoms with Crippen LogP contribution in [0.2, 0.25) is 0 Å². The van der Waals surface area contributed by atoms with Gasteiger partial charge in [0.25, 0.3) is 0 Å². The first-order valence-corrected chi connectivity index (χ1v) is 8.37. The molecule has 5 nitrogen and oxygen atoms in total. The zero-order valence-corrected chi connectivity index (χ0v) is 15.0. The molecule has 1 unspecified atom stereocenters. The third-order valence-electron chi connectivity index (χ3n) is 3.80. The molecular weight excluding hydrogens is 300 g/mol. The summed E-state index contributed by atoms with van der Waals surface area (Å²) in [5, 5.41) is 6.71. The van der Waals surface area contributed by atoms with Gasteiger partial charge >= 0.3 is 0 Å². The van der Waals surface area contributed by atoms with Crippen molar-refractivity contribution in [3.63, 3.8) is 0 Å². The number of aliphatic imine (C=N–C) groups is 1. The van der Waals surface area contributed by atoms with E-state index in [4.69, 9.17) is 4.42 Å². The van der Waals surface area contributed by atoms with Gasteiger partial charge in [0.05, 0.1) is 18.8 Å². The van der Waals surface area contributed by atoms with Crippen molar-refractivity contribution in [1.82, 2.24) is 15.5 Å². The molecule has 0 saturated heterocycles. The zero-order valence-electron chi connectivity index (χ0n) is 15.0. The van der Waals surface area contributed by atoms with Gasteiger partial charge in [0.15, 0.2) is 5.96 Å². The summed E-state index contributed by atoms with van der Waals surface area (Å²) >= 11 is 0. The van der Waals surface area contributed by atoms with Crippen molar-refractivity contribution in [2.45, 2.75) is 26.4 Å². The molecule has 2 aromatic rings. The van der Waals surface area contributed by atoms with Crippen LogP contribution in [0.25, 0.3) is 0 Å². The second-order valence-corrected chi connectivity index (χ2v) is 6.06. The van der Waals surface area contributed by atoms with Crippen molar-refractivity contribution in [3.8, 4) is 0 Å². The Morgan fingerprint density at radius 2 is 2.04 bits per heavy atom. The lowest BCUT2D eigenvalue weighted by molar-refractivity contribution is 0.258. The second-order valence-electron chi connectivity index (χ2n) is 6.06. The maximum Gasteiger partial charge on any atom is 0.191 e. The third kappa shape index (κ3) is 5.42. The first kappa shape index (κ1) is 18.1. The Bertz CT molecular complexity index is 635. The summed E-state index contributed by atoms with van der Waals surface area (Å²) in [6, 6.07) is 12.5. The molecule has 0 fully saturated rings. The van der Waals surface area contributed by atoms with E-state index in [2.05, 4.69) is 58.6 Å². The van der Waals surface area contributed by atoms with Gasteiger partial charge in [0.1, 0.15) is 5.76 Å². The molecule has 0 saturated carbocycles. The van der Waals surface area contributed by atoms with E-state index in [0.29, 0.717) is 6.54 Å². The molecule has 130 valence electrons. The van der Waals surface area contributed by atoms with Crippen LogP contribution >= 0.6 is 0 Å². The maximum absolute atomic E-state index is 5.55. The van der Waals surface area contributed by atoms with E-state index in [1.54, 1.807) is 6.26 Å². The Kier molecular flexibility index (Phi) is 6.88. The Labute approximate surface area is 144 Å². The minimum absolute atomic E-state index is 0.155. The van der Waals surface area contributed by atoms with Gasteiger partial charge in [0.2, 0.25) is 0 Å². The number of nitrogens with one attached hydrogen (secondary N) is 2. The highest BCUT2D eigenvalue weighted by Gasteiger charge is 2.17. The lowest BCUT2D eigenvalue weighted by Gasteiger charge is -2.23. The fourth-order valence-electron chi connectivity index (χ4n) is 2.53. The maximum atomic E-state index is 5.55. The molecule has 1 aromatic heterocycles. The lowest BCUT2D eigenvalue weighted by Crippen LogP contribution is -2.41. The van der Waals surface area contributed by atoms with E-state index >= 15 is 0 Å². The number of rotatable bonds is 7. The number of hydrogen-bond acceptors (Lipinski definition) is 3. The fourth-order valence-corrected chi connectivity index (χ4v) is 2.53. The van der Waals surface area contributed by atoms with Crippen LogP contribution in [-0.4, -0.2) is 38.0 Å². The summed E-state index contributed by atoms with van der Waals surface area (Å²) < 4.78 is 5.55. The molecule has 0 amide bonds. The Hall–Kier alpha value is -2.27. The molecule has 0 spiro atoms. The monoisotopic (exact) mass is 328 g/mol. The number of aryl methyl sites for hydroxylation is 1. The standard InChI is InChI=1S/C19H28N4O/c1-5-20-19(21-13-16-9-6-8-15(2)12-16)22-14-17(23(3)4)18-10-7-11-24-18/h6-12,17H,5,13-14H2,1-4H3,(H2,20,21,22). The summed E-state index contributed by atoms with van der Waals surface area (Å²) in [7, 11) is 4.09. The van der Waals surface area contributed by atoms with E-state index < -0.39 is 0 Å². The minimum atomic E-state index is 0.155. The third-order valence-corrected chi connectivity index (χ3v) is 3.80. The molecule has 0 aliphatic carbocycles. The highest BCUT2D eigenvalue weighted by molar-refractivity contribution is 5.79. The number of likely N-dealkylation sites (N-methyl/N-ethyl adjacent to an activating group) is 1. The topological polar surface area (TPSA) is 52.8 Å². The van der Waals surface area contributed by atoms with Crippen LogP contribution < -0.4 is 10.6 Å². The Morgan fingerprint density at radius 1 is 1.21 bits per heavy atom. The van der Waals surface area contributed by atoms with Crippen molar-refractivity contribution in [2.24, 2.45) is 4.99 Å². The van der Waals surface area contributed by atoms with E-state index in [1.165, 1.54) is 11.1 Å². The minimum Gasteiger partial charge on any atom is -0.468 e. The average molecular weight is 328 g/mol. The van der Waals surface area contributed by atoms with E-state index in [1.807, 2.05) is 26.2 Å². The van der Waals surface area contributed by atoms with E-state index in [0.717, 1.165) is 24.8 Å². The van der Waals surface area contributed by atoms with Crippen LogP contribution in [0.5, 0.6) is 0 Å². The predicted octanol–water partition coefficient (Wildman–Crippen LogP) is 2.95. The van der Waals surface area contributed by atoms with E-state index in [-0.39, 0.29) is 6.04 Å². The van der Waals surface area contributed by atoms with Crippen molar-refractivity contribution < 1.29 is 4.42 Å². The van der Waals surface area contributed by atoms with Crippen molar-refractivity contribution in [3.05, 3.63) is 59.5 Å². The number of benzene rings is 1. The Morgan fingerprint density at radius 3 is 2.67 bits per heavy atom. The number of furan rings is 1. The van der Waals surface area contributed by atoms with Crippen molar-refractivity contribution >= 4 is 5.96 Å². The lowest BCUT2D eigenvalue weighted by atomic mass is 10.1. The van der Waals surface area contributed by atoms with Crippen LogP contribution in [-0.2, 0) is 6.54 Å². The summed E-state index contributed by atoms with van der Waals surface area (Å²) in [5.41, 5.74) is 2.47. The van der Waals surface area contributed by atoms with Crippen LogP contribution in [0, 0.1) is 6.92 Å². The molecule has 1 aromatic carbocycles. The summed E-state index contributed by atoms with van der Waals surface area (Å²) in [6.45, 7) is 6.37. The molecule has 1 heterocycles. The fraction of sp³-hybridized carbons (Fsp3) is 0.421. The number of guanidine groups is 1. The van der Waals surface area contributed by atoms with Crippen LogP contribution in [0.1, 0.15) is 29.9 Å². The zero-order chi connectivity index (χ0) is 17.4. The first-order valence-electron chi connectivity index (χ1n) is 8.37. The highest BCUT2D eigenvalue weighted by atomic mass is 16.3. The molecule has 0 bridgehead atoms. The summed E-state index contributed by atoms with van der Waals surface area (Å²) in [4.78, 5) is 6.82. The summed E-state index contributed by atoms with van der Waals surface area (Å²) in [5.74, 6) is 1.76. The largest absolute Gasteiger partial charge is 0.468 e. The molecule has 2 N–H and O–H groups in total. The van der Waals surface area contributed by atoms with Gasteiger partial charge in [-0.1, -0.05) is 29.8 Å². The quantitative estimate of drug-likeness (QED) is 0.606. The molecule has 2 rings (SSSR count). The van der Waals surface area contributed by atoms with Crippen LogP contribution in [0.15, 0.2) is 52.1 Å². The molecule has 0 radical (unpaired) electrons. The smallest absolute Gasteiger partial charge is 0.191 e. The SMILES string of the molecule is CCNC(=NCc1cccc(C)c1)NCC(c1ccco1)N(C)C. The predicted molar refractivity (Wildman–Crippen MR) is 99.1 cm³/mol. The number of nitrogens with zero attached hydrogens (tertiary/aromatic N) is 2. The van der Waals surface area contributed by atoms with Gasteiger partial charge in [-0.05, 0) is 45.6 Å². The van der Waals surface area contributed by atoms with Gasteiger partial charge < -0.3 is 15.1 Å². The summed E-state index contributed by atoms with van der Waals surface area (Å²) in [6.07, 6.45) is 1.71. The Balaban J connectivity index is 2.00. The average Bonchev–Trinajstić information content (AvgIpc) is 3.06. The van der Waals surface area contributed by atoms with Gasteiger partial charge in [0, 0.05) is 13.1 Å². The molecule has 1 atom stereocenters. The van der Waals surface area contributed by atoms with Crippen molar-refractivity contribution in [1.29, 1.82) is 0 Å². The van der Waals surface area contributed by atoms with Crippen molar-refractivity contribution in [2.75, 3.05) is 27.2 Å². The van der Waals surface area contributed by atoms with Crippen LogP contribution in [0.3, 0.4) is 0 Å². The van der Waals surface area contributed by atoms with Gasteiger partial charge in [-0.25, -0.2) is 4.99 Å². The normalized spacial score (nSPS) is 13.1. The van der Waals surface area contributed by atoms with Gasteiger partial charge in [-0.15, -0.1) is 0 Å². The van der Waals surface area contributed by atoms with Crippen LogP contribution in [0.4, 0.5) is 0 Å². The van der Waals surface area contributed by atoms with E-state index in [9.17, 15) is 0 Å². The van der Waals surface area contributed by atoms with Gasteiger partial charge in [-0.3, -0.25) is 4.90 Å². The molecule has 24 heavy (non-hydrogen) atoms. The molecule has 5 heteroatoms. The molecule has 0 aliphatic heterocycles. The van der Waals surface area contributed by atoms with Gasteiger partial charge in [-0.2, -0.15) is 0 Å². The number of hydrogen-bond donors (Lipinski definition) is 2. The highest BCUT2D eigenvalue weighted by Crippen LogP contribution is 2.17.